The lowest BCUT2D eigenvalue weighted by Crippen LogP contribution is -2.33. The summed E-state index contributed by atoms with van der Waals surface area (Å²) in [6.07, 6.45) is 3.61. The predicted molar refractivity (Wildman–Crippen MR) is 91.1 cm³/mol. The zero-order valence-electron chi connectivity index (χ0n) is 13.3. The molecule has 2 aromatic rings. The van der Waals surface area contributed by atoms with E-state index < -0.39 is 11.2 Å². The zero-order valence-corrected chi connectivity index (χ0v) is 14.2. The van der Waals surface area contributed by atoms with Crippen molar-refractivity contribution in [3.63, 3.8) is 0 Å². The zero-order chi connectivity index (χ0) is 16.8. The molecule has 0 spiro atoms. The highest BCUT2D eigenvalue weighted by Gasteiger charge is 2.05. The highest BCUT2D eigenvalue weighted by molar-refractivity contribution is 7.12. The van der Waals surface area contributed by atoms with Gasteiger partial charge in [-0.2, -0.15) is 0 Å². The van der Waals surface area contributed by atoms with Gasteiger partial charge in [-0.15, -0.1) is 11.3 Å². The van der Waals surface area contributed by atoms with Crippen LogP contribution in [0.3, 0.4) is 0 Å². The van der Waals surface area contributed by atoms with Crippen LogP contribution in [0, 0.1) is 13.8 Å². The molecule has 2 aromatic heterocycles. The molecule has 0 bridgehead atoms. The standard InChI is InChI=1S/C16H21N3O3S/c1-11-10-13(12(2)23-11)4-3-5-14(20)17-7-9-19-8-6-15(21)18-16(19)22/h6,8,10H,3-5,7,9H2,1-2H3,(H,17,20)(H,18,21,22). The van der Waals surface area contributed by atoms with Crippen molar-refractivity contribution in [3.8, 4) is 0 Å². The van der Waals surface area contributed by atoms with Crippen molar-refractivity contribution >= 4 is 17.2 Å². The van der Waals surface area contributed by atoms with E-state index in [-0.39, 0.29) is 5.91 Å². The monoisotopic (exact) mass is 335 g/mol. The number of amides is 1. The van der Waals surface area contributed by atoms with Crippen LogP contribution in [0.1, 0.15) is 28.2 Å². The third-order valence-corrected chi connectivity index (χ3v) is 4.57. The highest BCUT2D eigenvalue weighted by atomic mass is 32.1. The Bertz CT molecular complexity index is 788. The molecule has 124 valence electrons. The van der Waals surface area contributed by atoms with Gasteiger partial charge in [-0.1, -0.05) is 0 Å². The largest absolute Gasteiger partial charge is 0.354 e. The average Bonchev–Trinajstić information content (AvgIpc) is 2.79. The molecule has 0 fully saturated rings. The van der Waals surface area contributed by atoms with E-state index >= 15 is 0 Å². The molecule has 2 rings (SSSR count). The van der Waals surface area contributed by atoms with Crippen LogP contribution in [-0.4, -0.2) is 22.0 Å². The number of nitrogens with one attached hydrogen (secondary N) is 2. The number of hydrogen-bond acceptors (Lipinski definition) is 4. The maximum Gasteiger partial charge on any atom is 0.328 e. The molecule has 0 aromatic carbocycles. The first-order valence-electron chi connectivity index (χ1n) is 7.58. The van der Waals surface area contributed by atoms with Crippen LogP contribution in [0.2, 0.25) is 0 Å². The Morgan fingerprint density at radius 2 is 2.13 bits per heavy atom. The number of aromatic nitrogens is 2. The maximum atomic E-state index is 11.8. The van der Waals surface area contributed by atoms with E-state index in [9.17, 15) is 14.4 Å². The van der Waals surface area contributed by atoms with Gasteiger partial charge in [0.05, 0.1) is 0 Å². The summed E-state index contributed by atoms with van der Waals surface area (Å²) >= 11 is 1.78. The topological polar surface area (TPSA) is 84.0 Å². The Morgan fingerprint density at radius 1 is 1.35 bits per heavy atom. The van der Waals surface area contributed by atoms with Gasteiger partial charge in [-0.3, -0.25) is 19.1 Å². The van der Waals surface area contributed by atoms with Gasteiger partial charge in [0, 0.05) is 41.5 Å². The summed E-state index contributed by atoms with van der Waals surface area (Å²) in [5.41, 5.74) is 0.435. The number of H-pyrrole nitrogens is 1. The predicted octanol–water partition coefficient (Wildman–Crippen LogP) is 1.35. The van der Waals surface area contributed by atoms with E-state index in [1.165, 1.54) is 32.1 Å². The van der Waals surface area contributed by atoms with Gasteiger partial charge in [0.2, 0.25) is 5.91 Å². The first-order chi connectivity index (χ1) is 11.0. The Morgan fingerprint density at radius 3 is 2.78 bits per heavy atom. The molecule has 0 aliphatic carbocycles. The summed E-state index contributed by atoms with van der Waals surface area (Å²) < 4.78 is 1.36. The highest BCUT2D eigenvalue weighted by Crippen LogP contribution is 2.22. The molecule has 6 nitrogen and oxygen atoms in total. The van der Waals surface area contributed by atoms with Crippen LogP contribution in [0.25, 0.3) is 0 Å². The average molecular weight is 335 g/mol. The molecule has 0 aliphatic heterocycles. The Hall–Kier alpha value is -2.15. The number of carbonyl (C=O) groups is 1. The second-order valence-corrected chi connectivity index (χ2v) is 6.91. The summed E-state index contributed by atoms with van der Waals surface area (Å²) in [4.78, 5) is 39.0. The number of aromatic amines is 1. The maximum absolute atomic E-state index is 11.8. The minimum Gasteiger partial charge on any atom is -0.354 e. The fraction of sp³-hybridized carbons (Fsp3) is 0.438. The SMILES string of the molecule is Cc1cc(CCCC(=O)NCCn2ccc(=O)[nH]c2=O)c(C)s1. The summed E-state index contributed by atoms with van der Waals surface area (Å²) in [5, 5.41) is 2.79. The lowest BCUT2D eigenvalue weighted by atomic mass is 10.1. The van der Waals surface area contributed by atoms with Crippen molar-refractivity contribution in [2.24, 2.45) is 0 Å². The van der Waals surface area contributed by atoms with Gasteiger partial charge in [0.25, 0.3) is 5.56 Å². The second kappa shape index (κ2) is 7.92. The van der Waals surface area contributed by atoms with Gasteiger partial charge >= 0.3 is 5.69 Å². The third-order valence-electron chi connectivity index (χ3n) is 3.57. The van der Waals surface area contributed by atoms with E-state index in [2.05, 4.69) is 30.2 Å². The van der Waals surface area contributed by atoms with E-state index in [0.717, 1.165) is 12.8 Å². The van der Waals surface area contributed by atoms with Crippen LogP contribution in [-0.2, 0) is 17.8 Å². The Balaban J connectivity index is 1.70. The van der Waals surface area contributed by atoms with Crippen LogP contribution in [0.15, 0.2) is 27.9 Å². The van der Waals surface area contributed by atoms with Crippen molar-refractivity contribution in [2.75, 3.05) is 6.54 Å². The molecule has 0 unspecified atom stereocenters. The molecular formula is C16H21N3O3S. The van der Waals surface area contributed by atoms with Crippen molar-refractivity contribution in [1.82, 2.24) is 14.9 Å². The fourth-order valence-electron chi connectivity index (χ4n) is 2.40. The number of rotatable bonds is 7. The van der Waals surface area contributed by atoms with Gasteiger partial charge in [-0.05, 0) is 38.3 Å². The smallest absolute Gasteiger partial charge is 0.328 e. The molecule has 0 saturated carbocycles. The third kappa shape index (κ3) is 5.21. The van der Waals surface area contributed by atoms with Gasteiger partial charge < -0.3 is 5.32 Å². The number of carbonyl (C=O) groups excluding carboxylic acids is 1. The van der Waals surface area contributed by atoms with Crippen LogP contribution < -0.4 is 16.6 Å². The first kappa shape index (κ1) is 17.2. The van der Waals surface area contributed by atoms with Crippen molar-refractivity contribution in [1.29, 1.82) is 0 Å². The van der Waals surface area contributed by atoms with Gasteiger partial charge in [0.1, 0.15) is 0 Å². The van der Waals surface area contributed by atoms with Crippen LogP contribution in [0.5, 0.6) is 0 Å². The van der Waals surface area contributed by atoms with Gasteiger partial charge in [0.15, 0.2) is 0 Å². The minimum absolute atomic E-state index is 0.0212. The second-order valence-electron chi connectivity index (χ2n) is 5.45. The first-order valence-corrected chi connectivity index (χ1v) is 8.40. The summed E-state index contributed by atoms with van der Waals surface area (Å²) in [6.45, 7) is 4.90. The summed E-state index contributed by atoms with van der Waals surface area (Å²) in [7, 11) is 0. The molecule has 0 atom stereocenters. The Kier molecular flexibility index (Phi) is 5.92. The number of aryl methyl sites for hydroxylation is 3. The number of thiophene rings is 1. The van der Waals surface area contributed by atoms with Crippen molar-refractivity contribution in [3.05, 3.63) is 54.5 Å². The molecule has 2 N–H and O–H groups in total. The summed E-state index contributed by atoms with van der Waals surface area (Å²) in [5.74, 6) is -0.0212. The molecular weight excluding hydrogens is 314 g/mol. The molecule has 0 saturated heterocycles. The van der Waals surface area contributed by atoms with E-state index in [1.807, 2.05) is 0 Å². The lowest BCUT2D eigenvalue weighted by Gasteiger charge is -2.07. The van der Waals surface area contributed by atoms with Gasteiger partial charge in [-0.25, -0.2) is 4.79 Å². The number of hydrogen-bond donors (Lipinski definition) is 2. The molecule has 23 heavy (non-hydrogen) atoms. The molecule has 1 amide bonds. The molecule has 0 aliphatic rings. The van der Waals surface area contributed by atoms with Crippen molar-refractivity contribution < 1.29 is 4.79 Å². The quantitative estimate of drug-likeness (QED) is 0.801. The van der Waals surface area contributed by atoms with E-state index in [1.54, 1.807) is 11.3 Å². The normalized spacial score (nSPS) is 10.7. The number of nitrogens with zero attached hydrogens (tertiary/aromatic N) is 1. The van der Waals surface area contributed by atoms with E-state index in [0.29, 0.717) is 19.5 Å². The van der Waals surface area contributed by atoms with E-state index in [4.69, 9.17) is 0 Å². The van der Waals surface area contributed by atoms with Crippen molar-refractivity contribution in [2.45, 2.75) is 39.7 Å². The Labute approximate surface area is 138 Å². The minimum atomic E-state index is -0.463. The fourth-order valence-corrected chi connectivity index (χ4v) is 3.37. The molecule has 2 heterocycles. The lowest BCUT2D eigenvalue weighted by molar-refractivity contribution is -0.121. The molecule has 7 heteroatoms. The molecule has 0 radical (unpaired) electrons. The van der Waals surface area contributed by atoms with Crippen LogP contribution >= 0.6 is 11.3 Å². The van der Waals surface area contributed by atoms with Crippen LogP contribution in [0.4, 0.5) is 0 Å². The summed E-state index contributed by atoms with van der Waals surface area (Å²) in [6, 6.07) is 3.47.